The zero-order valence-electron chi connectivity index (χ0n) is 15.9. The molecule has 2 unspecified atom stereocenters. The Morgan fingerprint density at radius 2 is 2.00 bits per heavy atom. The van der Waals surface area contributed by atoms with E-state index in [1.165, 1.54) is 24.8 Å². The molecule has 0 radical (unpaired) electrons. The fraction of sp³-hybridized carbons (Fsp3) is 0.810. The number of allylic oxidation sites excluding steroid dienone is 2. The summed E-state index contributed by atoms with van der Waals surface area (Å²) >= 11 is 0. The van der Waals surface area contributed by atoms with Crippen LogP contribution in [0.4, 0.5) is 0 Å². The molecule has 0 aromatic carbocycles. The molecule has 0 heterocycles. The van der Waals surface area contributed by atoms with E-state index in [9.17, 15) is 9.90 Å². The van der Waals surface area contributed by atoms with E-state index in [-0.39, 0.29) is 23.5 Å². The van der Waals surface area contributed by atoms with Crippen LogP contribution >= 0.6 is 0 Å². The molecule has 144 valence electrons. The van der Waals surface area contributed by atoms with E-state index in [0.717, 1.165) is 43.7 Å². The third-order valence-corrected chi connectivity index (χ3v) is 8.30. The Morgan fingerprint density at radius 1 is 1.19 bits per heavy atom. The van der Waals surface area contributed by atoms with E-state index < -0.39 is 5.97 Å². The molecule has 5 heteroatoms. The highest BCUT2D eigenvalue weighted by atomic mass is 16.6. The normalized spacial score (nSPS) is 46.1. The highest BCUT2D eigenvalue weighted by molar-refractivity contribution is 5.96. The number of aliphatic hydroxyl groups is 1. The van der Waals surface area contributed by atoms with E-state index in [0.29, 0.717) is 11.8 Å². The van der Waals surface area contributed by atoms with E-state index in [2.05, 4.69) is 25.1 Å². The number of oxime groups is 1. The molecule has 0 bridgehead atoms. The molecule has 0 saturated heterocycles. The van der Waals surface area contributed by atoms with Gasteiger partial charge < -0.3 is 15.1 Å². The highest BCUT2D eigenvalue weighted by Gasteiger charge is 2.58. The lowest BCUT2D eigenvalue weighted by atomic mass is 9.47. The maximum absolute atomic E-state index is 10.6. The van der Waals surface area contributed by atoms with Gasteiger partial charge in [-0.15, -0.1) is 0 Å². The van der Waals surface area contributed by atoms with Crippen molar-refractivity contribution in [3.63, 3.8) is 0 Å². The van der Waals surface area contributed by atoms with E-state index in [1.807, 2.05) is 0 Å². The van der Waals surface area contributed by atoms with Crippen molar-refractivity contribution in [2.45, 2.75) is 71.3 Å². The second kappa shape index (κ2) is 6.36. The lowest BCUT2D eigenvalue weighted by molar-refractivity contribution is -0.142. The van der Waals surface area contributed by atoms with Gasteiger partial charge >= 0.3 is 5.97 Å². The number of hydrogen-bond donors (Lipinski definition) is 2. The van der Waals surface area contributed by atoms with Crippen molar-refractivity contribution in [2.24, 2.45) is 33.7 Å². The topological polar surface area (TPSA) is 79.1 Å². The Bertz CT molecular complexity index is 656. The molecule has 0 aliphatic heterocycles. The molecule has 3 saturated carbocycles. The molecule has 5 nitrogen and oxygen atoms in total. The summed E-state index contributed by atoms with van der Waals surface area (Å²) in [6, 6.07) is 0. The van der Waals surface area contributed by atoms with Crippen LogP contribution in [0, 0.1) is 28.6 Å². The number of hydrogen-bond acceptors (Lipinski definition) is 4. The van der Waals surface area contributed by atoms with Gasteiger partial charge in [0, 0.05) is 0 Å². The average molecular weight is 361 g/mol. The lowest BCUT2D eigenvalue weighted by Gasteiger charge is -2.57. The van der Waals surface area contributed by atoms with Gasteiger partial charge in [0.2, 0.25) is 6.61 Å². The maximum Gasteiger partial charge on any atom is 0.344 e. The van der Waals surface area contributed by atoms with Crippen molar-refractivity contribution in [1.82, 2.24) is 0 Å². The van der Waals surface area contributed by atoms with Crippen LogP contribution in [0.1, 0.15) is 65.2 Å². The number of carbonyl (C=O) groups is 1. The number of nitrogens with zero attached hydrogens (tertiary/aromatic N) is 1. The van der Waals surface area contributed by atoms with Crippen LogP contribution in [0.15, 0.2) is 16.8 Å². The van der Waals surface area contributed by atoms with Crippen LogP contribution in [0.3, 0.4) is 0 Å². The molecule has 2 N–H and O–H groups in total. The Hall–Kier alpha value is -1.36. The zero-order valence-corrected chi connectivity index (χ0v) is 15.9. The summed E-state index contributed by atoms with van der Waals surface area (Å²) in [5.74, 6) is 1.11. The van der Waals surface area contributed by atoms with Crippen molar-refractivity contribution < 1.29 is 19.8 Å². The maximum atomic E-state index is 10.6. The summed E-state index contributed by atoms with van der Waals surface area (Å²) in [6.45, 7) is 4.38. The lowest BCUT2D eigenvalue weighted by Crippen LogP contribution is -2.51. The zero-order chi connectivity index (χ0) is 18.5. The van der Waals surface area contributed by atoms with Crippen LogP contribution in [0.2, 0.25) is 0 Å². The van der Waals surface area contributed by atoms with Crippen LogP contribution in [-0.2, 0) is 9.63 Å². The molecular formula is C21H31NO4. The summed E-state index contributed by atoms with van der Waals surface area (Å²) in [7, 11) is 0. The van der Waals surface area contributed by atoms with Gasteiger partial charge in [0.05, 0.1) is 11.8 Å². The molecule has 0 amide bonds. The number of carboxylic acid groups (broad SMARTS) is 1. The molecule has 0 spiro atoms. The quantitative estimate of drug-likeness (QED) is 0.750. The first-order valence-electron chi connectivity index (χ1n) is 10.1. The monoisotopic (exact) mass is 361 g/mol. The molecule has 4 rings (SSSR count). The SMILES string of the molecule is C[C@@]12CC/C(=N\OCC(=O)O)C=C1CC[C@H]1C2CC[C@]2(C)C1CC[C@H]2O. The minimum absolute atomic E-state index is 0.116. The van der Waals surface area contributed by atoms with Crippen LogP contribution in [-0.4, -0.2) is 34.6 Å². The van der Waals surface area contributed by atoms with Gasteiger partial charge in [-0.25, -0.2) is 4.79 Å². The van der Waals surface area contributed by atoms with Gasteiger partial charge in [-0.1, -0.05) is 24.6 Å². The highest BCUT2D eigenvalue weighted by Crippen LogP contribution is 2.65. The average Bonchev–Trinajstić information content (AvgIpc) is 2.90. The summed E-state index contributed by atoms with van der Waals surface area (Å²) in [6.07, 6.45) is 10.8. The van der Waals surface area contributed by atoms with Crippen molar-refractivity contribution in [3.05, 3.63) is 11.6 Å². The molecule has 6 atom stereocenters. The first kappa shape index (κ1) is 18.0. The van der Waals surface area contributed by atoms with Crippen molar-refractivity contribution in [2.75, 3.05) is 6.61 Å². The standard InChI is InChI=1S/C21H31NO4/c1-20-9-7-14(22-26-12-19(24)25)11-13(20)3-4-15-16-5-6-18(23)21(16,2)10-8-17(15)20/h11,15-18,23H,3-10,12H2,1-2H3,(H,24,25)/b22-14+/t15-,16?,17?,18-,20-,21-/m1/s1. The van der Waals surface area contributed by atoms with E-state index in [4.69, 9.17) is 9.94 Å². The molecular weight excluding hydrogens is 330 g/mol. The van der Waals surface area contributed by atoms with Crippen LogP contribution in [0.5, 0.6) is 0 Å². The van der Waals surface area contributed by atoms with Gasteiger partial charge in [-0.05, 0) is 86.0 Å². The minimum atomic E-state index is -0.993. The third-order valence-electron chi connectivity index (χ3n) is 8.30. The largest absolute Gasteiger partial charge is 0.479 e. The van der Waals surface area contributed by atoms with E-state index in [1.54, 1.807) is 0 Å². The summed E-state index contributed by atoms with van der Waals surface area (Å²) in [5.41, 5.74) is 2.72. The smallest absolute Gasteiger partial charge is 0.344 e. The van der Waals surface area contributed by atoms with Crippen molar-refractivity contribution >= 4 is 11.7 Å². The Morgan fingerprint density at radius 3 is 2.77 bits per heavy atom. The molecule has 4 aliphatic carbocycles. The summed E-state index contributed by atoms with van der Waals surface area (Å²) in [5, 5.41) is 23.3. The summed E-state index contributed by atoms with van der Waals surface area (Å²) < 4.78 is 0. The molecule has 4 aliphatic rings. The van der Waals surface area contributed by atoms with Crippen LogP contribution < -0.4 is 0 Å². The van der Waals surface area contributed by atoms with Crippen LogP contribution in [0.25, 0.3) is 0 Å². The first-order valence-corrected chi connectivity index (χ1v) is 10.1. The molecule has 0 aromatic heterocycles. The summed E-state index contributed by atoms with van der Waals surface area (Å²) in [4.78, 5) is 15.5. The number of aliphatic carboxylic acids is 1. The fourth-order valence-electron chi connectivity index (χ4n) is 6.79. The van der Waals surface area contributed by atoms with Crippen molar-refractivity contribution in [3.8, 4) is 0 Å². The Kier molecular flexibility index (Phi) is 4.41. The van der Waals surface area contributed by atoms with Crippen molar-refractivity contribution in [1.29, 1.82) is 0 Å². The predicted octanol–water partition coefficient (Wildman–Crippen LogP) is 3.77. The Balaban J connectivity index is 1.55. The molecule has 3 fully saturated rings. The third kappa shape index (κ3) is 2.70. The van der Waals surface area contributed by atoms with Gasteiger partial charge in [-0.3, -0.25) is 0 Å². The second-order valence-corrected chi connectivity index (χ2v) is 9.39. The number of rotatable bonds is 3. The Labute approximate surface area is 155 Å². The predicted molar refractivity (Wildman–Crippen MR) is 98.7 cm³/mol. The molecule has 26 heavy (non-hydrogen) atoms. The van der Waals surface area contributed by atoms with Gasteiger partial charge in [0.15, 0.2) is 0 Å². The van der Waals surface area contributed by atoms with Gasteiger partial charge in [-0.2, -0.15) is 0 Å². The second-order valence-electron chi connectivity index (χ2n) is 9.39. The number of aliphatic hydroxyl groups excluding tert-OH is 1. The first-order chi connectivity index (χ1) is 12.3. The van der Waals surface area contributed by atoms with E-state index >= 15 is 0 Å². The van der Waals surface area contributed by atoms with Gasteiger partial charge in [0.1, 0.15) is 0 Å². The minimum Gasteiger partial charge on any atom is -0.479 e. The fourth-order valence-corrected chi connectivity index (χ4v) is 6.79. The number of carboxylic acids is 1. The molecule has 0 aromatic rings. The van der Waals surface area contributed by atoms with Gasteiger partial charge in [0.25, 0.3) is 0 Å². The number of fused-ring (bicyclic) bond motifs is 5.